The molecule has 2 atom stereocenters. The van der Waals surface area contributed by atoms with E-state index in [4.69, 9.17) is 5.73 Å². The fraction of sp³-hybridized carbons (Fsp3) is 0.611. The van der Waals surface area contributed by atoms with Crippen molar-refractivity contribution in [2.45, 2.75) is 25.4 Å². The molecule has 1 aromatic rings. The van der Waals surface area contributed by atoms with Gasteiger partial charge in [-0.15, -0.1) is 0 Å². The molecule has 0 spiro atoms. The Labute approximate surface area is 139 Å². The second kappa shape index (κ2) is 7.43. The lowest BCUT2D eigenvalue weighted by molar-refractivity contribution is -0.131. The maximum absolute atomic E-state index is 12.6. The summed E-state index contributed by atoms with van der Waals surface area (Å²) < 4.78 is 0. The number of nitrogens with two attached hydrogens (primary N) is 1. The monoisotopic (exact) mass is 316 g/mol. The van der Waals surface area contributed by atoms with Crippen LogP contribution in [-0.4, -0.2) is 72.5 Å². The largest absolute Gasteiger partial charge is 0.339 e. The predicted molar refractivity (Wildman–Crippen MR) is 92.0 cm³/mol. The number of likely N-dealkylation sites (tertiary alicyclic amines) is 1. The van der Waals surface area contributed by atoms with Crippen LogP contribution in [0.1, 0.15) is 24.9 Å². The summed E-state index contributed by atoms with van der Waals surface area (Å²) in [5, 5.41) is 0. The van der Waals surface area contributed by atoms with Gasteiger partial charge in [0.2, 0.25) is 5.91 Å². The van der Waals surface area contributed by atoms with Crippen molar-refractivity contribution in [2.75, 3.05) is 45.8 Å². The minimum absolute atomic E-state index is 0.0610. The van der Waals surface area contributed by atoms with Crippen molar-refractivity contribution in [1.82, 2.24) is 14.7 Å². The molecule has 0 aliphatic carbocycles. The Morgan fingerprint density at radius 1 is 1.17 bits per heavy atom. The van der Waals surface area contributed by atoms with Crippen LogP contribution >= 0.6 is 0 Å². The van der Waals surface area contributed by atoms with Gasteiger partial charge in [-0.05, 0) is 18.5 Å². The molecule has 0 unspecified atom stereocenters. The molecule has 2 heterocycles. The molecule has 0 radical (unpaired) electrons. The number of rotatable bonds is 4. The molecule has 5 nitrogen and oxygen atoms in total. The minimum Gasteiger partial charge on any atom is -0.339 e. The normalized spacial score (nSPS) is 24.8. The van der Waals surface area contributed by atoms with Gasteiger partial charge >= 0.3 is 0 Å². The summed E-state index contributed by atoms with van der Waals surface area (Å²) in [6, 6.07) is 9.64. The van der Waals surface area contributed by atoms with E-state index in [-0.39, 0.29) is 5.91 Å². The van der Waals surface area contributed by atoms with E-state index in [1.807, 2.05) is 35.2 Å². The fourth-order valence-corrected chi connectivity index (χ4v) is 3.68. The standard InChI is InChI=1S/C18H28N4O/c1-2-20-10-12-21(13-11-20)16-8-9-22(14-16)18(23)17(19)15-6-4-3-5-7-15/h3-7,16-17H,2,8-14,19H2,1H3/t16-,17+/m0/s1. The lowest BCUT2D eigenvalue weighted by atomic mass is 10.1. The maximum Gasteiger partial charge on any atom is 0.244 e. The van der Waals surface area contributed by atoms with Gasteiger partial charge in [-0.25, -0.2) is 0 Å². The van der Waals surface area contributed by atoms with Crippen molar-refractivity contribution in [3.8, 4) is 0 Å². The van der Waals surface area contributed by atoms with Crippen LogP contribution in [0.25, 0.3) is 0 Å². The van der Waals surface area contributed by atoms with Crippen molar-refractivity contribution >= 4 is 5.91 Å². The van der Waals surface area contributed by atoms with E-state index in [9.17, 15) is 4.79 Å². The van der Waals surface area contributed by atoms with Crippen LogP contribution in [0.2, 0.25) is 0 Å². The number of hydrogen-bond acceptors (Lipinski definition) is 4. The third-order valence-electron chi connectivity index (χ3n) is 5.27. The van der Waals surface area contributed by atoms with Gasteiger partial charge in [0, 0.05) is 45.3 Å². The highest BCUT2D eigenvalue weighted by atomic mass is 16.2. The first kappa shape index (κ1) is 16.4. The summed E-state index contributed by atoms with van der Waals surface area (Å²) in [6.07, 6.45) is 1.07. The number of likely N-dealkylation sites (N-methyl/N-ethyl adjacent to an activating group) is 1. The fourth-order valence-electron chi connectivity index (χ4n) is 3.68. The molecule has 2 aliphatic heterocycles. The summed E-state index contributed by atoms with van der Waals surface area (Å²) in [7, 11) is 0. The molecular formula is C18H28N4O. The second-order valence-corrected chi connectivity index (χ2v) is 6.59. The molecule has 23 heavy (non-hydrogen) atoms. The van der Waals surface area contributed by atoms with Crippen LogP contribution in [-0.2, 0) is 4.79 Å². The highest BCUT2D eigenvalue weighted by Gasteiger charge is 2.33. The molecule has 1 amide bonds. The Morgan fingerprint density at radius 2 is 1.87 bits per heavy atom. The molecular weight excluding hydrogens is 288 g/mol. The Hall–Kier alpha value is -1.43. The first-order valence-electron chi connectivity index (χ1n) is 8.74. The second-order valence-electron chi connectivity index (χ2n) is 6.59. The molecule has 2 aliphatic rings. The van der Waals surface area contributed by atoms with Gasteiger partial charge in [-0.1, -0.05) is 37.3 Å². The van der Waals surface area contributed by atoms with Crippen molar-refractivity contribution in [1.29, 1.82) is 0 Å². The molecule has 2 fully saturated rings. The zero-order valence-corrected chi connectivity index (χ0v) is 14.0. The Bertz CT molecular complexity index is 513. The third-order valence-corrected chi connectivity index (χ3v) is 5.27. The summed E-state index contributed by atoms with van der Waals surface area (Å²) >= 11 is 0. The smallest absolute Gasteiger partial charge is 0.244 e. The predicted octanol–water partition coefficient (Wildman–Crippen LogP) is 0.925. The van der Waals surface area contributed by atoms with E-state index >= 15 is 0 Å². The number of piperazine rings is 1. The van der Waals surface area contributed by atoms with Crippen molar-refractivity contribution < 1.29 is 4.79 Å². The van der Waals surface area contributed by atoms with E-state index < -0.39 is 6.04 Å². The number of hydrogen-bond donors (Lipinski definition) is 1. The van der Waals surface area contributed by atoms with Gasteiger partial charge < -0.3 is 15.5 Å². The van der Waals surface area contributed by atoms with Crippen molar-refractivity contribution in [2.24, 2.45) is 5.73 Å². The maximum atomic E-state index is 12.6. The highest BCUT2D eigenvalue weighted by molar-refractivity contribution is 5.83. The van der Waals surface area contributed by atoms with E-state index in [0.29, 0.717) is 6.04 Å². The van der Waals surface area contributed by atoms with Gasteiger partial charge in [0.25, 0.3) is 0 Å². The molecule has 5 heteroatoms. The van der Waals surface area contributed by atoms with E-state index in [2.05, 4.69) is 16.7 Å². The van der Waals surface area contributed by atoms with Crippen LogP contribution in [0.3, 0.4) is 0 Å². The van der Waals surface area contributed by atoms with Crippen LogP contribution in [0, 0.1) is 0 Å². The number of amides is 1. The average Bonchev–Trinajstić information content (AvgIpc) is 3.11. The van der Waals surface area contributed by atoms with Crippen LogP contribution in [0.15, 0.2) is 30.3 Å². The molecule has 2 saturated heterocycles. The number of benzene rings is 1. The SMILES string of the molecule is CCN1CCN([C@H]2CCN(C(=O)[C@H](N)c3ccccc3)C2)CC1. The highest BCUT2D eigenvalue weighted by Crippen LogP contribution is 2.21. The van der Waals surface area contributed by atoms with E-state index in [1.54, 1.807) is 0 Å². The van der Waals surface area contributed by atoms with E-state index in [1.165, 1.54) is 0 Å². The Morgan fingerprint density at radius 3 is 2.52 bits per heavy atom. The molecule has 3 rings (SSSR count). The van der Waals surface area contributed by atoms with Crippen LogP contribution in [0.5, 0.6) is 0 Å². The third kappa shape index (κ3) is 3.74. The zero-order chi connectivity index (χ0) is 16.2. The first-order chi connectivity index (χ1) is 11.2. The lowest BCUT2D eigenvalue weighted by Gasteiger charge is -2.37. The molecule has 0 aromatic heterocycles. The van der Waals surface area contributed by atoms with Gasteiger partial charge in [0.05, 0.1) is 0 Å². The minimum atomic E-state index is -0.535. The first-order valence-corrected chi connectivity index (χ1v) is 8.74. The van der Waals surface area contributed by atoms with Crippen molar-refractivity contribution in [3.63, 3.8) is 0 Å². The summed E-state index contributed by atoms with van der Waals surface area (Å²) in [5.41, 5.74) is 7.07. The number of nitrogens with zero attached hydrogens (tertiary/aromatic N) is 3. The molecule has 2 N–H and O–H groups in total. The zero-order valence-electron chi connectivity index (χ0n) is 14.0. The molecule has 1 aromatic carbocycles. The van der Waals surface area contributed by atoms with Gasteiger partial charge in [-0.2, -0.15) is 0 Å². The van der Waals surface area contributed by atoms with Gasteiger partial charge in [0.15, 0.2) is 0 Å². The molecule has 126 valence electrons. The summed E-state index contributed by atoms with van der Waals surface area (Å²) in [4.78, 5) is 19.6. The van der Waals surface area contributed by atoms with Crippen LogP contribution < -0.4 is 5.73 Å². The molecule has 0 bridgehead atoms. The Kier molecular flexibility index (Phi) is 5.30. The van der Waals surface area contributed by atoms with Gasteiger partial charge in [0.1, 0.15) is 6.04 Å². The lowest BCUT2D eigenvalue weighted by Crippen LogP contribution is -2.51. The molecule has 0 saturated carbocycles. The summed E-state index contributed by atoms with van der Waals surface area (Å²) in [6.45, 7) is 9.53. The average molecular weight is 316 g/mol. The van der Waals surface area contributed by atoms with E-state index in [0.717, 1.165) is 57.8 Å². The number of carbonyl (C=O) groups excluding carboxylic acids is 1. The van der Waals surface area contributed by atoms with Crippen LogP contribution in [0.4, 0.5) is 0 Å². The van der Waals surface area contributed by atoms with Gasteiger partial charge in [-0.3, -0.25) is 9.69 Å². The summed E-state index contributed by atoms with van der Waals surface area (Å²) in [5.74, 6) is 0.0610. The quantitative estimate of drug-likeness (QED) is 0.898. The topological polar surface area (TPSA) is 52.8 Å². The van der Waals surface area contributed by atoms with Crippen molar-refractivity contribution in [3.05, 3.63) is 35.9 Å². The number of carbonyl (C=O) groups is 1. The Balaban J connectivity index is 1.54.